The number of nitrogens with one attached hydrogen (secondary N) is 1. The Bertz CT molecular complexity index is 1190. The highest BCUT2D eigenvalue weighted by atomic mass is 16.5. The first-order chi connectivity index (χ1) is 16.5. The summed E-state index contributed by atoms with van der Waals surface area (Å²) in [7, 11) is 1.74. The van der Waals surface area contributed by atoms with Gasteiger partial charge in [-0.1, -0.05) is 0 Å². The summed E-state index contributed by atoms with van der Waals surface area (Å²) >= 11 is 0. The van der Waals surface area contributed by atoms with Gasteiger partial charge in [-0.2, -0.15) is 0 Å². The van der Waals surface area contributed by atoms with Gasteiger partial charge in [-0.3, -0.25) is 9.88 Å². The van der Waals surface area contributed by atoms with Crippen LogP contribution in [0.15, 0.2) is 36.7 Å². The molecule has 3 atom stereocenters. The molecule has 0 spiro atoms. The standard InChI is InChI=1S/C27H33N3O4/c1-4-34-20-13-19-6-5-10-27(14-20,24-8-7-18(15-29-24)26(31)32)30(19)16-22-21-9-11-28-25(21)17(2)12-23(22)33-3/h7-9,11-12,15,19-20,28H,4-6,10,13-14,16H2,1-3H3,(H,31,32)/t19-,20+,27?/m1/s1. The van der Waals surface area contributed by atoms with Crippen molar-refractivity contribution in [2.24, 2.45) is 0 Å². The molecule has 2 aliphatic heterocycles. The fourth-order valence-electron chi connectivity index (χ4n) is 6.28. The van der Waals surface area contributed by atoms with Crippen LogP contribution in [0, 0.1) is 6.92 Å². The monoisotopic (exact) mass is 463 g/mol. The predicted octanol–water partition coefficient (Wildman–Crippen LogP) is 5.03. The van der Waals surface area contributed by atoms with E-state index in [1.165, 1.54) is 17.1 Å². The van der Waals surface area contributed by atoms with Crippen LogP contribution in [0.5, 0.6) is 5.75 Å². The van der Waals surface area contributed by atoms with E-state index in [9.17, 15) is 9.90 Å². The highest BCUT2D eigenvalue weighted by Crippen LogP contribution is 2.50. The number of aromatic nitrogens is 2. The number of ether oxygens (including phenoxy) is 2. The Morgan fingerprint density at radius 3 is 2.91 bits per heavy atom. The van der Waals surface area contributed by atoms with E-state index in [0.29, 0.717) is 12.6 Å². The maximum Gasteiger partial charge on any atom is 0.337 e. The van der Waals surface area contributed by atoms with E-state index in [2.05, 4.69) is 35.9 Å². The average molecular weight is 464 g/mol. The van der Waals surface area contributed by atoms with Crippen molar-refractivity contribution >= 4 is 16.9 Å². The second kappa shape index (κ2) is 9.04. The fraction of sp³-hybridized carbons (Fsp3) is 0.481. The number of hydrogen-bond donors (Lipinski definition) is 2. The summed E-state index contributed by atoms with van der Waals surface area (Å²) in [5.41, 5.74) is 4.32. The second-order valence-corrected chi connectivity index (χ2v) is 9.60. The smallest absolute Gasteiger partial charge is 0.337 e. The Labute approximate surface area is 200 Å². The van der Waals surface area contributed by atoms with Crippen LogP contribution in [0.2, 0.25) is 0 Å². The summed E-state index contributed by atoms with van der Waals surface area (Å²) in [4.78, 5) is 22.2. The number of H-pyrrole nitrogens is 1. The van der Waals surface area contributed by atoms with Crippen molar-refractivity contribution in [3.8, 4) is 5.75 Å². The molecule has 1 unspecified atom stereocenters. The number of benzene rings is 1. The van der Waals surface area contributed by atoms with Crippen molar-refractivity contribution in [1.29, 1.82) is 0 Å². The van der Waals surface area contributed by atoms with Gasteiger partial charge in [0.15, 0.2) is 0 Å². The Kier molecular flexibility index (Phi) is 6.08. The molecule has 2 aromatic heterocycles. The summed E-state index contributed by atoms with van der Waals surface area (Å²) < 4.78 is 12.0. The number of fused-ring (bicyclic) bond motifs is 3. The summed E-state index contributed by atoms with van der Waals surface area (Å²) in [6, 6.07) is 8.20. The molecule has 5 rings (SSSR count). The van der Waals surface area contributed by atoms with Crippen LogP contribution in [-0.4, -0.2) is 51.8 Å². The van der Waals surface area contributed by atoms with Gasteiger partial charge < -0.3 is 19.6 Å². The molecule has 2 N–H and O–H groups in total. The van der Waals surface area contributed by atoms with Crippen LogP contribution in [0.1, 0.15) is 66.2 Å². The molecule has 2 aliphatic rings. The number of aromatic carboxylic acids is 1. The van der Waals surface area contributed by atoms with E-state index in [0.717, 1.165) is 61.2 Å². The highest BCUT2D eigenvalue weighted by molar-refractivity contribution is 5.88. The quantitative estimate of drug-likeness (QED) is 0.511. The molecule has 7 nitrogen and oxygen atoms in total. The third-order valence-corrected chi connectivity index (χ3v) is 7.77. The Morgan fingerprint density at radius 1 is 1.35 bits per heavy atom. The Hall–Kier alpha value is -2.90. The summed E-state index contributed by atoms with van der Waals surface area (Å²) in [5.74, 6) is -0.0519. The topological polar surface area (TPSA) is 87.7 Å². The van der Waals surface area contributed by atoms with Gasteiger partial charge in [-0.05, 0) is 75.8 Å². The number of pyridine rings is 1. The van der Waals surface area contributed by atoms with Crippen molar-refractivity contribution in [1.82, 2.24) is 14.9 Å². The molecule has 0 radical (unpaired) electrons. The molecule has 0 aliphatic carbocycles. The van der Waals surface area contributed by atoms with E-state index in [1.807, 2.05) is 12.3 Å². The van der Waals surface area contributed by atoms with E-state index in [1.54, 1.807) is 13.2 Å². The van der Waals surface area contributed by atoms with Crippen molar-refractivity contribution < 1.29 is 19.4 Å². The largest absolute Gasteiger partial charge is 0.496 e. The molecule has 4 heterocycles. The van der Waals surface area contributed by atoms with Crippen molar-refractivity contribution in [2.45, 2.75) is 70.2 Å². The van der Waals surface area contributed by atoms with Gasteiger partial charge in [0.05, 0.1) is 30.0 Å². The molecular formula is C27H33N3O4. The first-order valence-corrected chi connectivity index (χ1v) is 12.2. The average Bonchev–Trinajstić information content (AvgIpc) is 3.32. The molecule has 180 valence electrons. The maximum absolute atomic E-state index is 11.5. The van der Waals surface area contributed by atoms with E-state index in [4.69, 9.17) is 14.5 Å². The number of carbonyl (C=O) groups is 1. The molecule has 0 saturated carbocycles. The van der Waals surface area contributed by atoms with Crippen LogP contribution in [0.3, 0.4) is 0 Å². The minimum Gasteiger partial charge on any atom is -0.496 e. The number of carboxylic acid groups (broad SMARTS) is 1. The minimum absolute atomic E-state index is 0.166. The van der Waals surface area contributed by atoms with Crippen LogP contribution in [-0.2, 0) is 16.8 Å². The van der Waals surface area contributed by atoms with E-state index in [-0.39, 0.29) is 17.2 Å². The van der Waals surface area contributed by atoms with Gasteiger partial charge in [-0.15, -0.1) is 0 Å². The van der Waals surface area contributed by atoms with Gasteiger partial charge >= 0.3 is 5.97 Å². The first-order valence-electron chi connectivity index (χ1n) is 12.2. The normalized spacial score (nSPS) is 24.9. The van der Waals surface area contributed by atoms with Crippen molar-refractivity contribution in [2.75, 3.05) is 13.7 Å². The molecule has 2 bridgehead atoms. The lowest BCUT2D eigenvalue weighted by Crippen LogP contribution is -2.60. The number of hydrogen-bond acceptors (Lipinski definition) is 5. The van der Waals surface area contributed by atoms with Crippen LogP contribution < -0.4 is 4.74 Å². The summed E-state index contributed by atoms with van der Waals surface area (Å²) in [6.45, 7) is 5.58. The molecule has 34 heavy (non-hydrogen) atoms. The lowest BCUT2D eigenvalue weighted by atomic mass is 9.70. The number of nitrogens with zero attached hydrogens (tertiary/aromatic N) is 2. The third kappa shape index (κ3) is 3.77. The van der Waals surface area contributed by atoms with Crippen molar-refractivity contribution in [3.63, 3.8) is 0 Å². The SMILES string of the molecule is CCO[C@H]1C[C@H]2CCCC(c3ccc(C(=O)O)cn3)(C1)N2Cc1c(OC)cc(C)c2[nH]ccc12. The third-order valence-electron chi connectivity index (χ3n) is 7.77. The van der Waals surface area contributed by atoms with Gasteiger partial charge in [0.1, 0.15) is 5.75 Å². The number of rotatable bonds is 7. The fourth-order valence-corrected chi connectivity index (χ4v) is 6.28. The Morgan fingerprint density at radius 2 is 2.21 bits per heavy atom. The molecule has 0 amide bonds. The number of piperidine rings is 2. The zero-order valence-corrected chi connectivity index (χ0v) is 20.1. The predicted molar refractivity (Wildman–Crippen MR) is 130 cm³/mol. The summed E-state index contributed by atoms with van der Waals surface area (Å²) in [6.07, 6.45) is 8.70. The lowest BCUT2D eigenvalue weighted by Gasteiger charge is -2.56. The van der Waals surface area contributed by atoms with E-state index < -0.39 is 5.97 Å². The van der Waals surface area contributed by atoms with Crippen LogP contribution in [0.4, 0.5) is 0 Å². The number of methoxy groups -OCH3 is 1. The lowest BCUT2D eigenvalue weighted by molar-refractivity contribution is -0.117. The Balaban J connectivity index is 1.61. The molecule has 2 saturated heterocycles. The zero-order chi connectivity index (χ0) is 23.9. The first kappa shape index (κ1) is 22.9. The molecule has 7 heteroatoms. The highest BCUT2D eigenvalue weighted by Gasteiger charge is 2.51. The number of aryl methyl sites for hydroxylation is 1. The maximum atomic E-state index is 11.5. The molecule has 3 aromatic rings. The van der Waals surface area contributed by atoms with Gasteiger partial charge in [0, 0.05) is 48.1 Å². The molecule has 2 fully saturated rings. The van der Waals surface area contributed by atoms with Gasteiger partial charge in [0.25, 0.3) is 0 Å². The van der Waals surface area contributed by atoms with Gasteiger partial charge in [-0.25, -0.2) is 4.79 Å². The van der Waals surface area contributed by atoms with Crippen molar-refractivity contribution in [3.05, 3.63) is 59.0 Å². The van der Waals surface area contributed by atoms with Gasteiger partial charge in [0.2, 0.25) is 0 Å². The van der Waals surface area contributed by atoms with Crippen LogP contribution in [0.25, 0.3) is 10.9 Å². The second-order valence-electron chi connectivity index (χ2n) is 9.60. The minimum atomic E-state index is -0.954. The number of aromatic amines is 1. The van der Waals surface area contributed by atoms with E-state index >= 15 is 0 Å². The summed E-state index contributed by atoms with van der Waals surface area (Å²) in [5, 5.41) is 10.6. The zero-order valence-electron chi connectivity index (χ0n) is 20.1. The number of carboxylic acids is 1. The van der Waals surface area contributed by atoms with Crippen LogP contribution >= 0.6 is 0 Å². The molecule has 1 aromatic carbocycles. The molecular weight excluding hydrogens is 430 g/mol.